The third-order valence-corrected chi connectivity index (χ3v) is 19.0. The first-order valence-electron chi connectivity index (χ1n) is 32.0. The van der Waals surface area contributed by atoms with Crippen LogP contribution in [0.5, 0.6) is 5.75 Å². The minimum Gasteiger partial charge on any atom is -0.495 e. The summed E-state index contributed by atoms with van der Waals surface area (Å²) in [5, 5.41) is 25.0. The Morgan fingerprint density at radius 1 is 0.948 bits per heavy atom. The predicted molar refractivity (Wildman–Crippen MR) is 356 cm³/mol. The number of hydrogen-bond donors (Lipinski definition) is 7. The van der Waals surface area contributed by atoms with E-state index in [0.717, 1.165) is 16.0 Å². The number of hydrogen-bond acceptors (Lipinski definition) is 19. The third-order valence-electron chi connectivity index (χ3n) is 17.7. The normalized spacial score (nSPS) is 24.5. The van der Waals surface area contributed by atoms with Gasteiger partial charge in [-0.15, -0.1) is 0 Å². The molecule has 0 saturated carbocycles. The number of alkyl carbamates (subject to hydrolysis) is 1. The highest BCUT2D eigenvalue weighted by Crippen LogP contribution is 2.49. The first kappa shape index (κ1) is 77.0. The Balaban J connectivity index is 1.03. The Kier molecular flexibility index (Phi) is 27.9. The van der Waals surface area contributed by atoms with Crippen molar-refractivity contribution in [3.8, 4) is 5.75 Å². The number of anilines is 2. The second-order valence-corrected chi connectivity index (χ2v) is 26.6. The lowest BCUT2D eigenvalue weighted by Crippen LogP contribution is -2.63. The Morgan fingerprint density at radius 2 is 1.66 bits per heavy atom. The molecule has 528 valence electrons. The van der Waals surface area contributed by atoms with Gasteiger partial charge in [0.2, 0.25) is 41.4 Å². The van der Waals surface area contributed by atoms with Crippen LogP contribution in [0, 0.1) is 11.8 Å². The van der Waals surface area contributed by atoms with Gasteiger partial charge >= 0.3 is 24.2 Å². The molecule has 1 unspecified atom stereocenters. The van der Waals surface area contributed by atoms with Gasteiger partial charge in [-0.2, -0.15) is 11.8 Å². The molecule has 28 nitrogen and oxygen atoms in total. The van der Waals surface area contributed by atoms with Gasteiger partial charge in [-0.05, 0) is 100 Å². The molecule has 3 fully saturated rings. The van der Waals surface area contributed by atoms with Gasteiger partial charge in [-0.25, -0.2) is 19.2 Å². The van der Waals surface area contributed by atoms with Gasteiger partial charge in [-0.1, -0.05) is 74.7 Å². The van der Waals surface area contributed by atoms with Crippen molar-refractivity contribution in [2.75, 3.05) is 71.5 Å². The number of allylic oxidation sites excluding steroid dienone is 3. The largest absolute Gasteiger partial charge is 0.495 e. The standard InChI is InChI=1S/C66H93ClN10O18S/c1-37(2)56(72-51(78)21-14-13-15-28-77-54(81)33-48(96-12)60(77)84)59(83)71-44(19-17-27-69-62(68)86)58(82)70-43-24-22-41(23-25-43)36-92-64(88)74(7)29-26-52(79)75(8)40(5)61(85)94-50-34-53(80)76(9)45-31-42(32-46(90-10)55(45)67)30-38(3)18-16-20-49(91-11)66(89)35-47(93-63(87)73-66)39(4)57-65(50,6)95-57/h16,18,20,22-25,31-32,37,39-40,44,47-50,56-57,89H,13-15,17,19,21,26-30,33-36H2,1-12H3,(H,70,82)(H,71,83)(H,72,78)(H,73,87)(H3,68,69,86)/b20-16+,38-18+/t39-,40+,44+,47+,48?,49-,50+,56+,57+,65+,66+/m1/s1. The van der Waals surface area contributed by atoms with Gasteiger partial charge in [0.1, 0.15) is 59.4 Å². The first-order valence-corrected chi connectivity index (χ1v) is 33.6. The number of urea groups is 1. The number of amides is 11. The van der Waals surface area contributed by atoms with Crippen molar-refractivity contribution in [3.63, 3.8) is 0 Å². The summed E-state index contributed by atoms with van der Waals surface area (Å²) < 4.78 is 35.0. The molecule has 4 bridgehead atoms. The molecule has 0 spiro atoms. The van der Waals surface area contributed by atoms with E-state index >= 15 is 0 Å². The highest BCUT2D eigenvalue weighted by Gasteiger charge is 2.64. The number of benzene rings is 2. The number of aliphatic hydroxyl groups is 1. The maximum atomic E-state index is 14.5. The van der Waals surface area contributed by atoms with Crippen molar-refractivity contribution in [3.05, 3.63) is 76.3 Å². The number of ether oxygens (including phenoxy) is 6. The second kappa shape index (κ2) is 34.8. The molecule has 30 heteroatoms. The van der Waals surface area contributed by atoms with Crippen LogP contribution in [-0.2, 0) is 75.1 Å². The van der Waals surface area contributed by atoms with Crippen molar-refractivity contribution < 1.29 is 86.3 Å². The summed E-state index contributed by atoms with van der Waals surface area (Å²) in [6.45, 7) is 10.3. The predicted octanol–water partition coefficient (Wildman–Crippen LogP) is 5.24. The van der Waals surface area contributed by atoms with E-state index in [0.29, 0.717) is 48.4 Å². The van der Waals surface area contributed by atoms with Crippen molar-refractivity contribution >= 4 is 100 Å². The van der Waals surface area contributed by atoms with Crippen LogP contribution in [-0.4, -0.2) is 206 Å². The Morgan fingerprint density at radius 3 is 2.30 bits per heavy atom. The van der Waals surface area contributed by atoms with Gasteiger partial charge in [0, 0.05) is 85.2 Å². The van der Waals surface area contributed by atoms with Crippen LogP contribution in [0.4, 0.5) is 25.8 Å². The molecule has 0 aromatic heterocycles. The molecule has 0 radical (unpaired) electrons. The number of likely N-dealkylation sites (tertiary alicyclic amines) is 1. The molecule has 4 aliphatic rings. The molecule has 2 aromatic carbocycles. The smallest absolute Gasteiger partial charge is 0.409 e. The van der Waals surface area contributed by atoms with Crippen LogP contribution >= 0.6 is 23.4 Å². The monoisotopic (exact) mass is 1380 g/mol. The number of methoxy groups -OCH3 is 2. The molecule has 6 rings (SSSR count). The summed E-state index contributed by atoms with van der Waals surface area (Å²) >= 11 is 8.18. The van der Waals surface area contributed by atoms with Crippen LogP contribution in [0.2, 0.25) is 5.02 Å². The maximum Gasteiger partial charge on any atom is 0.409 e. The number of imide groups is 1. The Bertz CT molecular complexity index is 3250. The number of unbranched alkanes of at least 4 members (excludes halogenated alkanes) is 2. The Hall–Kier alpha value is -7.99. The molecule has 0 aliphatic carbocycles. The molecule has 11 atom stereocenters. The average Bonchev–Trinajstić information content (AvgIpc) is 1.57. The number of rotatable bonds is 27. The van der Waals surface area contributed by atoms with E-state index in [1.807, 2.05) is 13.0 Å². The summed E-state index contributed by atoms with van der Waals surface area (Å²) in [6, 6.07) is 5.72. The molecular weight excluding hydrogens is 1290 g/mol. The highest BCUT2D eigenvalue weighted by atomic mass is 35.5. The van der Waals surface area contributed by atoms with Crippen LogP contribution in [0.25, 0.3) is 0 Å². The number of epoxide rings is 1. The van der Waals surface area contributed by atoms with Gasteiger partial charge in [0.05, 0.1) is 30.6 Å². The van der Waals surface area contributed by atoms with E-state index in [4.69, 9.17) is 45.8 Å². The Labute approximate surface area is 569 Å². The molecule has 3 saturated heterocycles. The summed E-state index contributed by atoms with van der Waals surface area (Å²) in [5.74, 6) is -4.64. The summed E-state index contributed by atoms with van der Waals surface area (Å²) in [6.07, 6.45) is 2.97. The average molecular weight is 1380 g/mol. The van der Waals surface area contributed by atoms with Crippen LogP contribution in [0.1, 0.15) is 117 Å². The molecule has 4 aliphatic heterocycles. The molecule has 11 amide bonds. The van der Waals surface area contributed by atoms with E-state index in [2.05, 4.69) is 26.6 Å². The number of halogens is 1. The first-order chi connectivity index (χ1) is 45.3. The molecule has 8 N–H and O–H groups in total. The zero-order valence-corrected chi connectivity index (χ0v) is 58.2. The topological polar surface area (TPSA) is 366 Å². The fourth-order valence-corrected chi connectivity index (χ4v) is 12.5. The highest BCUT2D eigenvalue weighted by molar-refractivity contribution is 8.00. The maximum absolute atomic E-state index is 14.5. The van der Waals surface area contributed by atoms with Gasteiger partial charge in [0.25, 0.3) is 0 Å². The summed E-state index contributed by atoms with van der Waals surface area (Å²) in [5.41, 5.74) is 4.76. The number of nitrogens with two attached hydrogens (primary N) is 1. The van der Waals surface area contributed by atoms with E-state index in [-0.39, 0.29) is 98.7 Å². The SMILES string of the molecule is COc1cc2cc(c1Cl)N(C)C(=O)C[C@H](OC(=O)[C@H](C)N(C)C(=O)CCN(C)C(=O)OCc1ccc(NC(=O)[C@H](CCCNC(N)=O)NC(=O)[C@@H](NC(=O)CCCCCN3C(=O)CC(SC)C3=O)C(C)C)cc1)[C@]1(C)O[C@H]1[C@H](C)[C@@H]1C[C@@](O)(NC(=O)O1)[C@H](OC)/C=C/C=C(\C)C2. The number of thioether (sulfide) groups is 1. The van der Waals surface area contributed by atoms with E-state index in [1.54, 1.807) is 82.5 Å². The number of nitrogens with zero attached hydrogens (tertiary/aromatic N) is 4. The fraction of sp³-hybridized carbons (Fsp3) is 0.591. The second-order valence-electron chi connectivity index (χ2n) is 25.2. The number of primary amides is 1. The number of carbonyl (C=O) groups is 11. The third kappa shape index (κ3) is 20.5. The van der Waals surface area contributed by atoms with Crippen LogP contribution in [0.3, 0.4) is 0 Å². The van der Waals surface area contributed by atoms with E-state index in [1.165, 1.54) is 68.7 Å². The molecular formula is C66H93ClN10O18S. The zero-order chi connectivity index (χ0) is 70.9. The van der Waals surface area contributed by atoms with Gasteiger partial charge < -0.3 is 75.2 Å². The molecule has 4 heterocycles. The van der Waals surface area contributed by atoms with E-state index in [9.17, 15) is 57.8 Å². The number of likely N-dealkylation sites (N-methyl/N-ethyl adjacent to an activating group) is 1. The number of esters is 1. The minimum absolute atomic E-state index is 0.0801. The molecule has 2 aromatic rings. The lowest BCUT2D eigenvalue weighted by atomic mass is 9.83. The zero-order valence-electron chi connectivity index (χ0n) is 56.6. The van der Waals surface area contributed by atoms with Crippen molar-refractivity contribution in [2.45, 2.75) is 178 Å². The van der Waals surface area contributed by atoms with Crippen molar-refractivity contribution in [2.24, 2.45) is 17.6 Å². The fourth-order valence-electron chi connectivity index (χ4n) is 11.6. The minimum atomic E-state index is -1.91. The summed E-state index contributed by atoms with van der Waals surface area (Å²) in [7, 11) is 7.20. The van der Waals surface area contributed by atoms with Gasteiger partial charge in [0.15, 0.2) is 5.72 Å². The molecule has 96 heavy (non-hydrogen) atoms. The van der Waals surface area contributed by atoms with Crippen molar-refractivity contribution in [1.29, 1.82) is 0 Å². The number of carbonyl (C=O) groups excluding carboxylic acids is 11. The number of fused-ring (bicyclic) bond motifs is 5. The van der Waals surface area contributed by atoms with Crippen LogP contribution in [0.15, 0.2) is 60.2 Å². The van der Waals surface area contributed by atoms with E-state index < -0.39 is 114 Å². The lowest BCUT2D eigenvalue weighted by Gasteiger charge is -2.42. The summed E-state index contributed by atoms with van der Waals surface area (Å²) in [4.78, 5) is 150. The number of nitrogens with one attached hydrogen (secondary N) is 5. The van der Waals surface area contributed by atoms with Crippen LogP contribution < -0.4 is 42.0 Å². The van der Waals surface area contributed by atoms with Crippen molar-refractivity contribution in [1.82, 2.24) is 36.0 Å². The lowest BCUT2D eigenvalue weighted by molar-refractivity contribution is -0.162. The van der Waals surface area contributed by atoms with Gasteiger partial charge in [-0.3, -0.25) is 43.8 Å². The quantitative estimate of drug-likeness (QED) is 0.0198.